The minimum absolute atomic E-state index is 0.121. The summed E-state index contributed by atoms with van der Waals surface area (Å²) in [5.41, 5.74) is 1.50. The fourth-order valence-electron chi connectivity index (χ4n) is 2.86. The molecule has 140 valence electrons. The minimum Gasteiger partial charge on any atom is -0.454 e. The molecule has 0 saturated carbocycles. The highest BCUT2D eigenvalue weighted by Gasteiger charge is 2.20. The Morgan fingerprint density at radius 3 is 2.56 bits per heavy atom. The van der Waals surface area contributed by atoms with Gasteiger partial charge >= 0.3 is 5.97 Å². The van der Waals surface area contributed by atoms with Gasteiger partial charge in [-0.05, 0) is 42.3 Å². The average Bonchev–Trinajstić information content (AvgIpc) is 3.06. The number of nitrogens with zero attached hydrogens (tertiary/aromatic N) is 1. The Kier molecular flexibility index (Phi) is 6.14. The first-order valence-corrected chi connectivity index (χ1v) is 9.22. The number of likely N-dealkylation sites (tertiary alicyclic amines) is 1. The van der Waals surface area contributed by atoms with Crippen LogP contribution in [0.3, 0.4) is 0 Å². The second-order valence-electron chi connectivity index (χ2n) is 6.25. The van der Waals surface area contributed by atoms with E-state index in [4.69, 9.17) is 27.9 Å². The molecule has 1 fully saturated rings. The lowest BCUT2D eigenvalue weighted by atomic mass is 10.1. The number of benzene rings is 2. The highest BCUT2D eigenvalue weighted by Crippen LogP contribution is 2.23. The molecule has 1 aliphatic heterocycles. The molecule has 3 rings (SSSR count). The summed E-state index contributed by atoms with van der Waals surface area (Å²) in [7, 11) is 0. The molecule has 0 unspecified atom stereocenters. The summed E-state index contributed by atoms with van der Waals surface area (Å²) in [5, 5.41) is 0.608. The fraction of sp³-hybridized carbons (Fsp3) is 0.250. The van der Waals surface area contributed by atoms with Gasteiger partial charge in [-0.3, -0.25) is 9.59 Å². The van der Waals surface area contributed by atoms with Crippen molar-refractivity contribution in [3.05, 3.63) is 69.2 Å². The van der Waals surface area contributed by atoms with Gasteiger partial charge < -0.3 is 9.64 Å². The number of Topliss-reactive ketones (excluding diaryl/α,β-unsaturated/α-hetero) is 1. The molecule has 5 nitrogen and oxygen atoms in total. The van der Waals surface area contributed by atoms with Crippen LogP contribution in [0.1, 0.15) is 39.1 Å². The predicted molar refractivity (Wildman–Crippen MR) is 102 cm³/mol. The molecule has 0 aromatic heterocycles. The zero-order valence-electron chi connectivity index (χ0n) is 14.4. The van der Waals surface area contributed by atoms with E-state index in [9.17, 15) is 14.4 Å². The van der Waals surface area contributed by atoms with Gasteiger partial charge in [0.05, 0.1) is 15.6 Å². The molecule has 0 radical (unpaired) electrons. The van der Waals surface area contributed by atoms with Gasteiger partial charge in [0.15, 0.2) is 12.4 Å². The number of hydrogen-bond donors (Lipinski definition) is 0. The zero-order valence-corrected chi connectivity index (χ0v) is 15.9. The third-order valence-electron chi connectivity index (χ3n) is 4.28. The molecule has 27 heavy (non-hydrogen) atoms. The second kappa shape index (κ2) is 8.55. The van der Waals surface area contributed by atoms with Crippen molar-refractivity contribution in [1.29, 1.82) is 0 Å². The highest BCUT2D eigenvalue weighted by molar-refractivity contribution is 6.42. The Balaban J connectivity index is 1.60. The van der Waals surface area contributed by atoms with Crippen LogP contribution in [-0.4, -0.2) is 35.7 Å². The standard InChI is InChI=1S/C20H17Cl2NO4/c21-16-7-6-14(10-17(16)22)18(24)12-27-20(26)15-4-1-3-13(9-15)11-23-8-2-5-19(23)25/h1,3-4,6-7,9-10H,2,5,8,11-12H2. The van der Waals surface area contributed by atoms with Gasteiger partial charge in [0.1, 0.15) is 0 Å². The Labute approximate surface area is 166 Å². The van der Waals surface area contributed by atoms with Crippen LogP contribution in [-0.2, 0) is 16.1 Å². The van der Waals surface area contributed by atoms with Crippen molar-refractivity contribution in [2.24, 2.45) is 0 Å². The molecular weight excluding hydrogens is 389 g/mol. The van der Waals surface area contributed by atoms with E-state index in [-0.39, 0.29) is 16.7 Å². The van der Waals surface area contributed by atoms with E-state index in [2.05, 4.69) is 0 Å². The fourth-order valence-corrected chi connectivity index (χ4v) is 3.15. The number of ether oxygens (including phenoxy) is 1. The maximum atomic E-state index is 12.3. The lowest BCUT2D eigenvalue weighted by Gasteiger charge is -2.15. The van der Waals surface area contributed by atoms with Crippen molar-refractivity contribution in [1.82, 2.24) is 4.90 Å². The van der Waals surface area contributed by atoms with Crippen LogP contribution >= 0.6 is 23.2 Å². The summed E-state index contributed by atoms with van der Waals surface area (Å²) < 4.78 is 5.12. The molecule has 1 amide bonds. The number of esters is 1. The molecule has 1 aliphatic rings. The van der Waals surface area contributed by atoms with Crippen LogP contribution in [0.2, 0.25) is 10.0 Å². The van der Waals surface area contributed by atoms with E-state index in [0.29, 0.717) is 29.1 Å². The zero-order chi connectivity index (χ0) is 19.4. The smallest absolute Gasteiger partial charge is 0.338 e. The van der Waals surface area contributed by atoms with E-state index in [0.717, 1.165) is 18.5 Å². The van der Waals surface area contributed by atoms with Gasteiger partial charge in [0.25, 0.3) is 0 Å². The first-order valence-electron chi connectivity index (χ1n) is 8.46. The van der Waals surface area contributed by atoms with Crippen molar-refractivity contribution in [2.75, 3.05) is 13.2 Å². The number of ketones is 1. The summed E-state index contributed by atoms with van der Waals surface area (Å²) in [5.74, 6) is -0.853. The van der Waals surface area contributed by atoms with Crippen molar-refractivity contribution >= 4 is 40.9 Å². The summed E-state index contributed by atoms with van der Waals surface area (Å²) in [6.45, 7) is 0.791. The lowest BCUT2D eigenvalue weighted by Crippen LogP contribution is -2.24. The van der Waals surface area contributed by atoms with Crippen LogP contribution in [0.5, 0.6) is 0 Å². The third-order valence-corrected chi connectivity index (χ3v) is 5.02. The van der Waals surface area contributed by atoms with Crippen LogP contribution < -0.4 is 0 Å². The van der Waals surface area contributed by atoms with E-state index >= 15 is 0 Å². The maximum absolute atomic E-state index is 12.3. The van der Waals surface area contributed by atoms with Gasteiger partial charge in [-0.25, -0.2) is 4.79 Å². The summed E-state index contributed by atoms with van der Waals surface area (Å²) in [6.07, 6.45) is 1.43. The number of hydrogen-bond acceptors (Lipinski definition) is 4. The quantitative estimate of drug-likeness (QED) is 0.534. The summed E-state index contributed by atoms with van der Waals surface area (Å²) >= 11 is 11.7. The Morgan fingerprint density at radius 2 is 1.85 bits per heavy atom. The number of carbonyl (C=O) groups is 3. The van der Waals surface area contributed by atoms with E-state index in [1.165, 1.54) is 18.2 Å². The monoisotopic (exact) mass is 405 g/mol. The topological polar surface area (TPSA) is 63.7 Å². The lowest BCUT2D eigenvalue weighted by molar-refractivity contribution is -0.128. The van der Waals surface area contributed by atoms with Crippen molar-refractivity contribution in [2.45, 2.75) is 19.4 Å². The molecule has 1 saturated heterocycles. The van der Waals surface area contributed by atoms with Gasteiger partial charge in [0, 0.05) is 25.1 Å². The van der Waals surface area contributed by atoms with Crippen molar-refractivity contribution in [3.8, 4) is 0 Å². The summed E-state index contributed by atoms with van der Waals surface area (Å²) in [6, 6.07) is 11.4. The molecule has 0 atom stereocenters. The first-order chi connectivity index (χ1) is 12.9. The maximum Gasteiger partial charge on any atom is 0.338 e. The predicted octanol–water partition coefficient (Wildman–Crippen LogP) is 4.16. The van der Waals surface area contributed by atoms with Gasteiger partial charge in [-0.15, -0.1) is 0 Å². The molecule has 0 bridgehead atoms. The van der Waals surface area contributed by atoms with E-state index in [1.54, 1.807) is 23.1 Å². The number of halogens is 2. The Hall–Kier alpha value is -2.37. The summed E-state index contributed by atoms with van der Waals surface area (Å²) in [4.78, 5) is 37.9. The SMILES string of the molecule is O=C(COC(=O)c1cccc(CN2CCCC2=O)c1)c1ccc(Cl)c(Cl)c1. The molecule has 2 aromatic carbocycles. The van der Waals surface area contributed by atoms with Gasteiger partial charge in [0.2, 0.25) is 5.91 Å². The van der Waals surface area contributed by atoms with Crippen molar-refractivity contribution in [3.63, 3.8) is 0 Å². The number of rotatable bonds is 6. The largest absolute Gasteiger partial charge is 0.454 e. The molecule has 0 aliphatic carbocycles. The molecule has 2 aromatic rings. The molecule has 0 spiro atoms. The average molecular weight is 406 g/mol. The second-order valence-corrected chi connectivity index (χ2v) is 7.06. The number of carbonyl (C=O) groups excluding carboxylic acids is 3. The van der Waals surface area contributed by atoms with Crippen LogP contribution in [0.25, 0.3) is 0 Å². The Bertz CT molecular complexity index is 897. The first kappa shape index (κ1) is 19.4. The van der Waals surface area contributed by atoms with Crippen molar-refractivity contribution < 1.29 is 19.1 Å². The van der Waals surface area contributed by atoms with E-state index in [1.807, 2.05) is 6.07 Å². The van der Waals surface area contributed by atoms with Crippen LogP contribution in [0, 0.1) is 0 Å². The number of amides is 1. The molecule has 1 heterocycles. The molecule has 7 heteroatoms. The molecule has 0 N–H and O–H groups in total. The minimum atomic E-state index is -0.599. The highest BCUT2D eigenvalue weighted by atomic mass is 35.5. The normalized spacial score (nSPS) is 13.7. The Morgan fingerprint density at radius 1 is 1.04 bits per heavy atom. The van der Waals surface area contributed by atoms with Crippen LogP contribution in [0.15, 0.2) is 42.5 Å². The van der Waals surface area contributed by atoms with Gasteiger partial charge in [-0.1, -0.05) is 35.3 Å². The van der Waals surface area contributed by atoms with Gasteiger partial charge in [-0.2, -0.15) is 0 Å². The van der Waals surface area contributed by atoms with Crippen LogP contribution in [0.4, 0.5) is 0 Å². The molecular formula is C20H17Cl2NO4. The third kappa shape index (κ3) is 4.87. The van der Waals surface area contributed by atoms with E-state index < -0.39 is 12.6 Å².